The number of hydrogen-bond donors (Lipinski definition) is 1. The number of hydrogen-bond acceptors (Lipinski definition) is 4. The fraction of sp³-hybridized carbons (Fsp3) is 0.650. The lowest BCUT2D eigenvalue weighted by molar-refractivity contribution is -0.131. The fourth-order valence-electron chi connectivity index (χ4n) is 3.99. The first kappa shape index (κ1) is 20.3. The average molecular weight is 394 g/mol. The number of nitrogens with zero attached hydrogens (tertiary/aromatic N) is 2. The summed E-state index contributed by atoms with van der Waals surface area (Å²) in [5.41, 5.74) is 1.03. The molecule has 1 amide bonds. The molecular formula is C20H31N3O3S. The van der Waals surface area contributed by atoms with E-state index in [1.165, 1.54) is 0 Å². The van der Waals surface area contributed by atoms with Crippen LogP contribution in [-0.2, 0) is 14.8 Å². The molecule has 0 aromatic heterocycles. The van der Waals surface area contributed by atoms with E-state index in [9.17, 15) is 13.2 Å². The van der Waals surface area contributed by atoms with Gasteiger partial charge in [-0.15, -0.1) is 0 Å². The second-order valence-electron chi connectivity index (χ2n) is 7.60. The Kier molecular flexibility index (Phi) is 6.89. The van der Waals surface area contributed by atoms with E-state index in [1.54, 1.807) is 16.4 Å². The van der Waals surface area contributed by atoms with Gasteiger partial charge in [-0.3, -0.25) is 4.79 Å². The topological polar surface area (TPSA) is 69.7 Å². The standard InChI is InChI=1S/C20H31N3O3S/c1-17-7-9-19(10-8-17)27(25,26)23(18-5-3-2-4-6-18)14-11-20(24)22-15-12-21-13-16-22/h7-10,18,21H,2-6,11-16H2,1H3. The molecule has 6 nitrogen and oxygen atoms in total. The van der Waals surface area contributed by atoms with Crippen molar-refractivity contribution in [2.45, 2.75) is 56.4 Å². The number of benzene rings is 1. The minimum Gasteiger partial charge on any atom is -0.340 e. The Hall–Kier alpha value is -1.44. The van der Waals surface area contributed by atoms with Crippen molar-refractivity contribution in [1.82, 2.24) is 14.5 Å². The summed E-state index contributed by atoms with van der Waals surface area (Å²) in [5, 5.41) is 3.24. The molecule has 150 valence electrons. The zero-order chi connectivity index (χ0) is 19.3. The van der Waals surface area contributed by atoms with Crippen LogP contribution in [0.3, 0.4) is 0 Å². The van der Waals surface area contributed by atoms with Crippen LogP contribution in [0.1, 0.15) is 44.1 Å². The molecule has 1 aliphatic carbocycles. The number of rotatable bonds is 6. The van der Waals surface area contributed by atoms with Crippen molar-refractivity contribution in [3.63, 3.8) is 0 Å². The molecule has 0 atom stereocenters. The minimum atomic E-state index is -3.59. The van der Waals surface area contributed by atoms with E-state index in [1.807, 2.05) is 24.0 Å². The third-order valence-corrected chi connectivity index (χ3v) is 7.59. The van der Waals surface area contributed by atoms with Crippen molar-refractivity contribution in [3.05, 3.63) is 29.8 Å². The zero-order valence-corrected chi connectivity index (χ0v) is 17.0. The molecule has 7 heteroatoms. The monoisotopic (exact) mass is 393 g/mol. The van der Waals surface area contributed by atoms with Crippen molar-refractivity contribution in [2.24, 2.45) is 0 Å². The molecule has 3 rings (SSSR count). The maximum Gasteiger partial charge on any atom is 0.243 e. The highest BCUT2D eigenvalue weighted by Crippen LogP contribution is 2.28. The van der Waals surface area contributed by atoms with Gasteiger partial charge in [0.15, 0.2) is 0 Å². The van der Waals surface area contributed by atoms with Gasteiger partial charge in [0.2, 0.25) is 15.9 Å². The van der Waals surface area contributed by atoms with Crippen LogP contribution >= 0.6 is 0 Å². The van der Waals surface area contributed by atoms with Gasteiger partial charge in [0.05, 0.1) is 4.90 Å². The normalized spacial score (nSPS) is 19.4. The molecule has 0 bridgehead atoms. The number of piperazine rings is 1. The number of aryl methyl sites for hydroxylation is 1. The first-order valence-electron chi connectivity index (χ1n) is 10.1. The van der Waals surface area contributed by atoms with Crippen molar-refractivity contribution in [3.8, 4) is 0 Å². The third-order valence-electron chi connectivity index (χ3n) is 5.63. The molecule has 1 saturated heterocycles. The highest BCUT2D eigenvalue weighted by molar-refractivity contribution is 7.89. The second kappa shape index (κ2) is 9.17. The Labute approximate surface area is 163 Å². The Morgan fingerprint density at radius 1 is 1.11 bits per heavy atom. The molecule has 0 spiro atoms. The van der Waals surface area contributed by atoms with Gasteiger partial charge in [-0.05, 0) is 31.9 Å². The predicted octanol–water partition coefficient (Wildman–Crippen LogP) is 2.14. The van der Waals surface area contributed by atoms with Crippen LogP contribution in [0.25, 0.3) is 0 Å². The fourth-order valence-corrected chi connectivity index (χ4v) is 5.68. The number of nitrogens with one attached hydrogen (secondary N) is 1. The smallest absolute Gasteiger partial charge is 0.243 e. The lowest BCUT2D eigenvalue weighted by Crippen LogP contribution is -2.48. The molecule has 27 heavy (non-hydrogen) atoms. The lowest BCUT2D eigenvalue weighted by Gasteiger charge is -2.34. The van der Waals surface area contributed by atoms with Crippen LogP contribution in [0.2, 0.25) is 0 Å². The summed E-state index contributed by atoms with van der Waals surface area (Å²) in [6, 6.07) is 7.02. The van der Waals surface area contributed by atoms with E-state index < -0.39 is 10.0 Å². The molecule has 1 saturated carbocycles. The van der Waals surface area contributed by atoms with Gasteiger partial charge in [0, 0.05) is 45.2 Å². The maximum atomic E-state index is 13.3. The van der Waals surface area contributed by atoms with Crippen LogP contribution in [0.5, 0.6) is 0 Å². The number of sulfonamides is 1. The number of amides is 1. The molecule has 1 aliphatic heterocycles. The Morgan fingerprint density at radius 2 is 1.74 bits per heavy atom. The van der Waals surface area contributed by atoms with Gasteiger partial charge < -0.3 is 10.2 Å². The lowest BCUT2D eigenvalue weighted by atomic mass is 9.95. The minimum absolute atomic E-state index is 0.000811. The van der Waals surface area contributed by atoms with Crippen LogP contribution in [0, 0.1) is 6.92 Å². The van der Waals surface area contributed by atoms with Crippen molar-refractivity contribution >= 4 is 15.9 Å². The molecule has 0 unspecified atom stereocenters. The summed E-state index contributed by atoms with van der Waals surface area (Å²) in [6.07, 6.45) is 5.28. The first-order valence-corrected chi connectivity index (χ1v) is 11.5. The maximum absolute atomic E-state index is 13.3. The Balaban J connectivity index is 1.75. The quantitative estimate of drug-likeness (QED) is 0.804. The highest BCUT2D eigenvalue weighted by atomic mass is 32.2. The molecule has 1 aromatic carbocycles. The van der Waals surface area contributed by atoms with E-state index in [2.05, 4.69) is 5.32 Å². The largest absolute Gasteiger partial charge is 0.340 e. The van der Waals surface area contributed by atoms with Crippen LogP contribution in [-0.4, -0.2) is 62.3 Å². The van der Waals surface area contributed by atoms with Gasteiger partial charge in [0.1, 0.15) is 0 Å². The summed E-state index contributed by atoms with van der Waals surface area (Å²) in [7, 11) is -3.59. The van der Waals surface area contributed by atoms with Crippen molar-refractivity contribution < 1.29 is 13.2 Å². The van der Waals surface area contributed by atoms with Crippen LogP contribution in [0.15, 0.2) is 29.2 Å². The molecular weight excluding hydrogens is 362 g/mol. The molecule has 1 N–H and O–H groups in total. The molecule has 2 aliphatic rings. The van der Waals surface area contributed by atoms with E-state index in [0.29, 0.717) is 18.0 Å². The first-order chi connectivity index (χ1) is 13.0. The van der Waals surface area contributed by atoms with E-state index in [4.69, 9.17) is 0 Å². The van der Waals surface area contributed by atoms with E-state index in [-0.39, 0.29) is 24.9 Å². The average Bonchev–Trinajstić information content (AvgIpc) is 2.69. The second-order valence-corrected chi connectivity index (χ2v) is 9.49. The van der Waals surface area contributed by atoms with Gasteiger partial charge >= 0.3 is 0 Å². The van der Waals surface area contributed by atoms with Gasteiger partial charge in [-0.1, -0.05) is 37.0 Å². The SMILES string of the molecule is Cc1ccc(S(=O)(=O)N(CCC(=O)N2CCNCC2)C2CCCCC2)cc1. The summed E-state index contributed by atoms with van der Waals surface area (Å²) in [5.74, 6) is 0.0522. The van der Waals surface area contributed by atoms with E-state index in [0.717, 1.165) is 50.8 Å². The number of carbonyl (C=O) groups excluding carboxylic acids is 1. The number of carbonyl (C=O) groups is 1. The molecule has 0 radical (unpaired) electrons. The van der Waals surface area contributed by atoms with Gasteiger partial charge in [0.25, 0.3) is 0 Å². The van der Waals surface area contributed by atoms with Crippen molar-refractivity contribution in [2.75, 3.05) is 32.7 Å². The summed E-state index contributed by atoms with van der Waals surface area (Å²) in [4.78, 5) is 14.7. The zero-order valence-electron chi connectivity index (χ0n) is 16.2. The molecule has 2 fully saturated rings. The summed E-state index contributed by atoms with van der Waals surface area (Å²) < 4.78 is 28.3. The summed E-state index contributed by atoms with van der Waals surface area (Å²) in [6.45, 7) is 5.23. The third kappa shape index (κ3) is 5.09. The Morgan fingerprint density at radius 3 is 2.37 bits per heavy atom. The van der Waals surface area contributed by atoms with Crippen LogP contribution in [0.4, 0.5) is 0 Å². The Bertz CT molecular complexity index is 721. The molecule has 1 heterocycles. The van der Waals surface area contributed by atoms with Gasteiger partial charge in [-0.2, -0.15) is 4.31 Å². The molecule has 1 aromatic rings. The highest BCUT2D eigenvalue weighted by Gasteiger charge is 2.33. The van der Waals surface area contributed by atoms with Gasteiger partial charge in [-0.25, -0.2) is 8.42 Å². The van der Waals surface area contributed by atoms with E-state index >= 15 is 0 Å². The predicted molar refractivity (Wildman–Crippen MR) is 106 cm³/mol. The summed E-state index contributed by atoms with van der Waals surface area (Å²) >= 11 is 0. The van der Waals surface area contributed by atoms with Crippen LogP contribution < -0.4 is 5.32 Å². The van der Waals surface area contributed by atoms with Crippen molar-refractivity contribution in [1.29, 1.82) is 0 Å².